The fraction of sp³-hybridized carbons (Fsp3) is 0.467. The molecule has 0 aromatic heterocycles. The summed E-state index contributed by atoms with van der Waals surface area (Å²) in [5, 5.41) is 4.86. The first-order chi connectivity index (χ1) is 8.70. The van der Waals surface area contributed by atoms with Gasteiger partial charge in [0.2, 0.25) is 0 Å². The van der Waals surface area contributed by atoms with Gasteiger partial charge in [0.05, 0.1) is 0 Å². The number of benzene rings is 1. The van der Waals surface area contributed by atoms with Crippen molar-refractivity contribution in [3.05, 3.63) is 45.5 Å². The molecule has 1 N–H and O–H groups in total. The number of hydrogen-bond donors (Lipinski definition) is 1. The molecular formula is C15H19Cl2N. The molecule has 1 nitrogen and oxygen atoms in total. The van der Waals surface area contributed by atoms with Crippen LogP contribution in [0.15, 0.2) is 29.8 Å². The fourth-order valence-electron chi connectivity index (χ4n) is 2.51. The van der Waals surface area contributed by atoms with Crippen molar-refractivity contribution in [3.63, 3.8) is 0 Å². The van der Waals surface area contributed by atoms with E-state index in [4.69, 9.17) is 23.2 Å². The van der Waals surface area contributed by atoms with Crippen LogP contribution >= 0.6 is 23.2 Å². The van der Waals surface area contributed by atoms with Crippen LogP contribution in [-0.2, 0) is 6.42 Å². The van der Waals surface area contributed by atoms with Crippen LogP contribution in [0, 0.1) is 0 Å². The topological polar surface area (TPSA) is 12.0 Å². The molecule has 1 unspecified atom stereocenters. The Kier molecular flexibility index (Phi) is 5.11. The van der Waals surface area contributed by atoms with Crippen molar-refractivity contribution in [1.82, 2.24) is 5.32 Å². The van der Waals surface area contributed by atoms with Crippen molar-refractivity contribution in [2.24, 2.45) is 0 Å². The summed E-state index contributed by atoms with van der Waals surface area (Å²) in [7, 11) is 2.02. The average molecular weight is 284 g/mol. The highest BCUT2D eigenvalue weighted by atomic mass is 35.5. The zero-order chi connectivity index (χ0) is 13.0. The van der Waals surface area contributed by atoms with E-state index in [1.807, 2.05) is 25.2 Å². The molecule has 98 valence electrons. The highest BCUT2D eigenvalue weighted by Crippen LogP contribution is 2.26. The summed E-state index contributed by atoms with van der Waals surface area (Å²) in [6.07, 6.45) is 8.35. The van der Waals surface area contributed by atoms with Gasteiger partial charge in [-0.15, -0.1) is 0 Å². The van der Waals surface area contributed by atoms with Crippen molar-refractivity contribution in [2.45, 2.75) is 38.1 Å². The Bertz CT molecular complexity index is 440. The zero-order valence-electron chi connectivity index (χ0n) is 10.7. The van der Waals surface area contributed by atoms with Crippen molar-refractivity contribution < 1.29 is 0 Å². The summed E-state index contributed by atoms with van der Waals surface area (Å²) in [4.78, 5) is 0. The van der Waals surface area contributed by atoms with Gasteiger partial charge in [0.25, 0.3) is 0 Å². The lowest BCUT2D eigenvalue weighted by atomic mass is 9.90. The Hall–Kier alpha value is -0.500. The maximum atomic E-state index is 6.24. The third-order valence-corrected chi connectivity index (χ3v) is 4.15. The number of hydrogen-bond acceptors (Lipinski definition) is 1. The normalized spacial score (nSPS) is 17.4. The second-order valence-corrected chi connectivity index (χ2v) is 5.65. The molecule has 1 aromatic rings. The van der Waals surface area contributed by atoms with Gasteiger partial charge in [-0.2, -0.15) is 0 Å². The molecule has 1 atom stereocenters. The van der Waals surface area contributed by atoms with Gasteiger partial charge >= 0.3 is 0 Å². The maximum absolute atomic E-state index is 6.24. The van der Waals surface area contributed by atoms with Gasteiger partial charge in [0, 0.05) is 16.1 Å². The predicted molar refractivity (Wildman–Crippen MR) is 79.6 cm³/mol. The Morgan fingerprint density at radius 2 is 2.11 bits per heavy atom. The van der Waals surface area contributed by atoms with E-state index in [-0.39, 0.29) is 0 Å². The second-order valence-electron chi connectivity index (χ2n) is 4.81. The molecule has 0 spiro atoms. The molecule has 0 bridgehead atoms. The van der Waals surface area contributed by atoms with Crippen LogP contribution in [-0.4, -0.2) is 13.1 Å². The maximum Gasteiger partial charge on any atom is 0.0453 e. The lowest BCUT2D eigenvalue weighted by molar-refractivity contribution is 0.569. The summed E-state index contributed by atoms with van der Waals surface area (Å²) in [6.45, 7) is 0. The Morgan fingerprint density at radius 1 is 1.28 bits per heavy atom. The molecular weight excluding hydrogens is 265 g/mol. The minimum absolute atomic E-state index is 0.393. The molecule has 1 aliphatic carbocycles. The van der Waals surface area contributed by atoms with E-state index < -0.39 is 0 Å². The molecule has 0 saturated carbocycles. The van der Waals surface area contributed by atoms with Crippen molar-refractivity contribution in [1.29, 1.82) is 0 Å². The van der Waals surface area contributed by atoms with Gasteiger partial charge in [-0.25, -0.2) is 0 Å². The molecule has 3 heteroatoms. The lowest BCUT2D eigenvalue weighted by Crippen LogP contribution is -2.30. The van der Waals surface area contributed by atoms with E-state index in [0.29, 0.717) is 11.1 Å². The largest absolute Gasteiger partial charge is 0.313 e. The first kappa shape index (κ1) is 13.9. The first-order valence-electron chi connectivity index (χ1n) is 6.51. The number of rotatable bonds is 4. The molecule has 1 aromatic carbocycles. The SMILES string of the molecule is CNC(Cc1ccc(Cl)cc1Cl)C1=CCCCC1. The van der Waals surface area contributed by atoms with E-state index >= 15 is 0 Å². The van der Waals surface area contributed by atoms with Gasteiger partial charge in [-0.1, -0.05) is 40.9 Å². The van der Waals surface area contributed by atoms with Gasteiger partial charge in [-0.05, 0) is 56.8 Å². The van der Waals surface area contributed by atoms with Crippen LogP contribution in [0.25, 0.3) is 0 Å². The zero-order valence-corrected chi connectivity index (χ0v) is 12.2. The smallest absolute Gasteiger partial charge is 0.0453 e. The monoisotopic (exact) mass is 283 g/mol. The molecule has 0 saturated heterocycles. The van der Waals surface area contributed by atoms with E-state index in [0.717, 1.165) is 17.0 Å². The third kappa shape index (κ3) is 3.50. The van der Waals surface area contributed by atoms with E-state index in [1.165, 1.54) is 31.3 Å². The van der Waals surface area contributed by atoms with Gasteiger partial charge in [0.1, 0.15) is 0 Å². The predicted octanol–water partition coefficient (Wildman–Crippen LogP) is 4.62. The molecule has 2 rings (SSSR count). The molecule has 18 heavy (non-hydrogen) atoms. The van der Waals surface area contributed by atoms with Crippen LogP contribution in [0.1, 0.15) is 31.2 Å². The fourth-order valence-corrected chi connectivity index (χ4v) is 2.99. The summed E-state index contributed by atoms with van der Waals surface area (Å²) >= 11 is 12.2. The Balaban J connectivity index is 2.12. The van der Waals surface area contributed by atoms with Crippen molar-refractivity contribution >= 4 is 23.2 Å². The second kappa shape index (κ2) is 6.60. The number of likely N-dealkylation sites (N-methyl/N-ethyl adjacent to an activating group) is 1. The minimum Gasteiger partial charge on any atom is -0.313 e. The highest BCUT2D eigenvalue weighted by molar-refractivity contribution is 6.35. The molecule has 1 aliphatic rings. The summed E-state index contributed by atoms with van der Waals surface area (Å²) in [6, 6.07) is 6.15. The molecule has 0 heterocycles. The van der Waals surface area contributed by atoms with Gasteiger partial charge < -0.3 is 5.32 Å². The third-order valence-electron chi connectivity index (χ3n) is 3.56. The quantitative estimate of drug-likeness (QED) is 0.795. The van der Waals surface area contributed by atoms with Crippen LogP contribution < -0.4 is 5.32 Å². The van der Waals surface area contributed by atoms with Crippen LogP contribution in [0.2, 0.25) is 10.0 Å². The lowest BCUT2D eigenvalue weighted by Gasteiger charge is -2.23. The molecule has 0 amide bonds. The van der Waals surface area contributed by atoms with E-state index in [9.17, 15) is 0 Å². The molecule has 0 aliphatic heterocycles. The molecule has 0 radical (unpaired) electrons. The first-order valence-corrected chi connectivity index (χ1v) is 7.26. The highest BCUT2D eigenvalue weighted by Gasteiger charge is 2.16. The number of halogens is 2. The Labute approximate surface area is 119 Å². The van der Waals surface area contributed by atoms with Gasteiger partial charge in [0.15, 0.2) is 0 Å². The number of nitrogens with one attached hydrogen (secondary N) is 1. The number of allylic oxidation sites excluding steroid dienone is 1. The minimum atomic E-state index is 0.393. The summed E-state index contributed by atoms with van der Waals surface area (Å²) < 4.78 is 0. The van der Waals surface area contributed by atoms with Crippen molar-refractivity contribution in [2.75, 3.05) is 7.05 Å². The van der Waals surface area contributed by atoms with Gasteiger partial charge in [-0.3, -0.25) is 0 Å². The van der Waals surface area contributed by atoms with Crippen LogP contribution in [0.4, 0.5) is 0 Å². The summed E-state index contributed by atoms with van der Waals surface area (Å²) in [5.74, 6) is 0. The standard InChI is InChI=1S/C15H19Cl2N/c1-18-15(11-5-3-2-4-6-11)9-12-7-8-13(16)10-14(12)17/h5,7-8,10,15,18H,2-4,6,9H2,1H3. The van der Waals surface area contributed by atoms with E-state index in [1.54, 1.807) is 0 Å². The average Bonchev–Trinajstić information content (AvgIpc) is 2.39. The van der Waals surface area contributed by atoms with E-state index in [2.05, 4.69) is 11.4 Å². The summed E-state index contributed by atoms with van der Waals surface area (Å²) in [5.41, 5.74) is 2.68. The Morgan fingerprint density at radius 3 is 2.72 bits per heavy atom. The van der Waals surface area contributed by atoms with Crippen LogP contribution in [0.5, 0.6) is 0 Å². The molecule has 0 fully saturated rings. The van der Waals surface area contributed by atoms with Crippen LogP contribution in [0.3, 0.4) is 0 Å². The van der Waals surface area contributed by atoms with Crippen molar-refractivity contribution in [3.8, 4) is 0 Å².